The number of esters is 1. The summed E-state index contributed by atoms with van der Waals surface area (Å²) < 4.78 is 5.85. The van der Waals surface area contributed by atoms with Gasteiger partial charge in [-0.05, 0) is 50.2 Å². The lowest BCUT2D eigenvalue weighted by atomic mass is 9.53. The first-order valence-corrected chi connectivity index (χ1v) is 7.32. The van der Waals surface area contributed by atoms with Crippen molar-refractivity contribution >= 4 is 11.8 Å². The molecule has 4 fully saturated rings. The minimum absolute atomic E-state index is 0.128. The molecule has 4 bridgehead atoms. The predicted octanol–water partition coefficient (Wildman–Crippen LogP) is 2.39. The van der Waals surface area contributed by atoms with Crippen molar-refractivity contribution in [2.24, 2.45) is 17.8 Å². The van der Waals surface area contributed by atoms with E-state index in [1.165, 1.54) is 6.20 Å². The number of rotatable bonds is 2. The standard InChI is InChI=1S/C16H17NO3/c18-14-12-4-10-5-13(14)8-16(6-10,7-12)20-15(19)11-2-1-3-17-9-11/h1-3,9-10,12-13H,4-8H2. The fourth-order valence-electron chi connectivity index (χ4n) is 4.54. The number of ether oxygens (including phenoxy) is 1. The van der Waals surface area contributed by atoms with E-state index in [-0.39, 0.29) is 17.8 Å². The second kappa shape index (κ2) is 4.14. The number of aromatic nitrogens is 1. The van der Waals surface area contributed by atoms with Gasteiger partial charge in [0, 0.05) is 24.2 Å². The quantitative estimate of drug-likeness (QED) is 0.775. The molecular weight excluding hydrogens is 254 g/mol. The largest absolute Gasteiger partial charge is 0.455 e. The molecule has 0 radical (unpaired) electrons. The molecule has 1 heterocycles. The van der Waals surface area contributed by atoms with Gasteiger partial charge >= 0.3 is 5.97 Å². The van der Waals surface area contributed by atoms with Gasteiger partial charge in [0.2, 0.25) is 0 Å². The normalized spacial score (nSPS) is 38.0. The zero-order chi connectivity index (χ0) is 13.7. The van der Waals surface area contributed by atoms with Crippen molar-refractivity contribution in [2.75, 3.05) is 0 Å². The third kappa shape index (κ3) is 1.78. The Bertz CT molecular complexity index is 550. The van der Waals surface area contributed by atoms with E-state index in [0.29, 0.717) is 17.3 Å². The van der Waals surface area contributed by atoms with Gasteiger partial charge in [0.25, 0.3) is 0 Å². The highest BCUT2D eigenvalue weighted by molar-refractivity contribution is 5.90. The topological polar surface area (TPSA) is 56.3 Å². The molecule has 1 aromatic heterocycles. The third-order valence-corrected chi connectivity index (χ3v) is 5.14. The summed E-state index contributed by atoms with van der Waals surface area (Å²) in [6.45, 7) is 0. The van der Waals surface area contributed by atoms with Crippen LogP contribution in [0.25, 0.3) is 0 Å². The molecule has 1 aromatic rings. The van der Waals surface area contributed by atoms with Gasteiger partial charge in [-0.3, -0.25) is 9.78 Å². The van der Waals surface area contributed by atoms with Crippen molar-refractivity contribution in [2.45, 2.75) is 37.7 Å². The fourth-order valence-corrected chi connectivity index (χ4v) is 4.54. The molecular formula is C16H17NO3. The molecule has 2 unspecified atom stereocenters. The number of ketones is 1. The summed E-state index contributed by atoms with van der Waals surface area (Å²) in [5, 5.41) is 0. The molecule has 0 spiro atoms. The van der Waals surface area contributed by atoms with Crippen LogP contribution in [0, 0.1) is 17.8 Å². The van der Waals surface area contributed by atoms with Crippen LogP contribution in [0.5, 0.6) is 0 Å². The van der Waals surface area contributed by atoms with Gasteiger partial charge in [-0.1, -0.05) is 0 Å². The molecule has 4 nitrogen and oxygen atoms in total. The summed E-state index contributed by atoms with van der Waals surface area (Å²) >= 11 is 0. The molecule has 5 rings (SSSR count). The molecule has 0 N–H and O–H groups in total. The van der Waals surface area contributed by atoms with Crippen LogP contribution in [0.2, 0.25) is 0 Å². The van der Waals surface area contributed by atoms with Crippen molar-refractivity contribution < 1.29 is 14.3 Å². The van der Waals surface area contributed by atoms with Crippen LogP contribution in [0.3, 0.4) is 0 Å². The van der Waals surface area contributed by atoms with E-state index in [1.54, 1.807) is 18.3 Å². The second-order valence-electron chi connectivity index (χ2n) is 6.56. The molecule has 0 aliphatic heterocycles. The second-order valence-corrected chi connectivity index (χ2v) is 6.56. The van der Waals surface area contributed by atoms with Gasteiger partial charge in [-0.15, -0.1) is 0 Å². The fraction of sp³-hybridized carbons (Fsp3) is 0.562. The van der Waals surface area contributed by atoms with Crippen LogP contribution in [0.15, 0.2) is 24.5 Å². The summed E-state index contributed by atoms with van der Waals surface area (Å²) in [5.74, 6) is 0.930. The maximum atomic E-state index is 12.3. The van der Waals surface area contributed by atoms with Crippen LogP contribution < -0.4 is 0 Å². The van der Waals surface area contributed by atoms with Gasteiger partial charge < -0.3 is 4.74 Å². The highest BCUT2D eigenvalue weighted by Gasteiger charge is 2.57. The number of hydrogen-bond donors (Lipinski definition) is 0. The van der Waals surface area contributed by atoms with Crippen molar-refractivity contribution in [1.82, 2.24) is 4.98 Å². The van der Waals surface area contributed by atoms with E-state index in [9.17, 15) is 9.59 Å². The van der Waals surface area contributed by atoms with E-state index < -0.39 is 5.60 Å². The van der Waals surface area contributed by atoms with Crippen LogP contribution in [-0.4, -0.2) is 22.3 Å². The molecule has 4 aliphatic rings. The van der Waals surface area contributed by atoms with Gasteiger partial charge in [0.15, 0.2) is 0 Å². The highest BCUT2D eigenvalue weighted by atomic mass is 16.6. The summed E-state index contributed by atoms with van der Waals surface area (Å²) in [6.07, 6.45) is 7.56. The Labute approximate surface area is 117 Å². The Morgan fingerprint density at radius 2 is 2.00 bits per heavy atom. The number of Topliss-reactive ketones (excluding diaryl/α,β-unsaturated/α-hetero) is 1. The average Bonchev–Trinajstić information content (AvgIpc) is 2.44. The molecule has 0 aromatic carbocycles. The Morgan fingerprint density at radius 1 is 1.25 bits per heavy atom. The smallest absolute Gasteiger partial charge is 0.340 e. The SMILES string of the molecule is O=C(OC12CC3CC(C1)C(=O)C(C3)C2)c1cccnc1. The van der Waals surface area contributed by atoms with Crippen molar-refractivity contribution in [1.29, 1.82) is 0 Å². The van der Waals surface area contributed by atoms with E-state index in [1.807, 2.05) is 0 Å². The Kier molecular flexibility index (Phi) is 2.50. The maximum absolute atomic E-state index is 12.3. The van der Waals surface area contributed by atoms with Crippen LogP contribution in [-0.2, 0) is 9.53 Å². The molecule has 20 heavy (non-hydrogen) atoms. The first kappa shape index (κ1) is 12.1. The minimum Gasteiger partial charge on any atom is -0.455 e. The van der Waals surface area contributed by atoms with Crippen LogP contribution in [0.1, 0.15) is 42.5 Å². The minimum atomic E-state index is -0.392. The van der Waals surface area contributed by atoms with E-state index >= 15 is 0 Å². The summed E-state index contributed by atoms with van der Waals surface area (Å²) in [7, 11) is 0. The molecule has 4 saturated carbocycles. The van der Waals surface area contributed by atoms with Gasteiger partial charge in [-0.2, -0.15) is 0 Å². The first-order valence-electron chi connectivity index (χ1n) is 7.32. The zero-order valence-electron chi connectivity index (χ0n) is 11.2. The lowest BCUT2D eigenvalue weighted by Crippen LogP contribution is -2.56. The Hall–Kier alpha value is -1.71. The van der Waals surface area contributed by atoms with E-state index in [2.05, 4.69) is 4.98 Å². The lowest BCUT2D eigenvalue weighted by molar-refractivity contribution is -0.162. The molecule has 0 saturated heterocycles. The lowest BCUT2D eigenvalue weighted by Gasteiger charge is -2.54. The number of carbonyl (C=O) groups is 2. The molecule has 0 amide bonds. The Balaban J connectivity index is 1.57. The average molecular weight is 271 g/mol. The number of pyridine rings is 1. The number of carbonyl (C=O) groups excluding carboxylic acids is 2. The monoisotopic (exact) mass is 271 g/mol. The van der Waals surface area contributed by atoms with Crippen LogP contribution >= 0.6 is 0 Å². The maximum Gasteiger partial charge on any atom is 0.340 e. The molecule has 4 aliphatic carbocycles. The summed E-state index contributed by atoms with van der Waals surface area (Å²) in [5.41, 5.74) is 0.103. The van der Waals surface area contributed by atoms with Gasteiger partial charge in [0.1, 0.15) is 11.4 Å². The zero-order valence-corrected chi connectivity index (χ0v) is 11.2. The van der Waals surface area contributed by atoms with Gasteiger partial charge in [0.05, 0.1) is 5.56 Å². The van der Waals surface area contributed by atoms with Gasteiger partial charge in [-0.25, -0.2) is 4.79 Å². The van der Waals surface area contributed by atoms with Crippen molar-refractivity contribution in [3.63, 3.8) is 0 Å². The molecule has 104 valence electrons. The predicted molar refractivity (Wildman–Crippen MR) is 70.9 cm³/mol. The molecule has 4 heteroatoms. The third-order valence-electron chi connectivity index (χ3n) is 5.14. The summed E-state index contributed by atoms with van der Waals surface area (Å²) in [6, 6.07) is 3.46. The highest BCUT2D eigenvalue weighted by Crippen LogP contribution is 2.55. The van der Waals surface area contributed by atoms with Crippen LogP contribution in [0.4, 0.5) is 0 Å². The van der Waals surface area contributed by atoms with Crippen molar-refractivity contribution in [3.8, 4) is 0 Å². The number of nitrogens with zero attached hydrogens (tertiary/aromatic N) is 1. The number of hydrogen-bond acceptors (Lipinski definition) is 4. The van der Waals surface area contributed by atoms with E-state index in [0.717, 1.165) is 32.1 Å². The van der Waals surface area contributed by atoms with Crippen molar-refractivity contribution in [3.05, 3.63) is 30.1 Å². The Morgan fingerprint density at radius 3 is 2.65 bits per heavy atom. The van der Waals surface area contributed by atoms with E-state index in [4.69, 9.17) is 4.74 Å². The molecule has 2 atom stereocenters. The first-order chi connectivity index (χ1) is 9.65. The summed E-state index contributed by atoms with van der Waals surface area (Å²) in [4.78, 5) is 28.3.